The average Bonchev–Trinajstić information content (AvgIpc) is 2.99. The van der Waals surface area contributed by atoms with Crippen molar-refractivity contribution in [3.63, 3.8) is 0 Å². The van der Waals surface area contributed by atoms with Gasteiger partial charge in [0.2, 0.25) is 0 Å². The maximum atomic E-state index is 11.9. The van der Waals surface area contributed by atoms with Gasteiger partial charge in [0.25, 0.3) is 11.3 Å². The third kappa shape index (κ3) is 3.14. The summed E-state index contributed by atoms with van der Waals surface area (Å²) >= 11 is -0.771. The molecule has 0 aliphatic rings. The predicted molar refractivity (Wildman–Crippen MR) is 95.5 cm³/mol. The SMILES string of the molecule is Cc1ccccc1N(c1csc(-c2ccccc2O)c1)S(=O)O. The van der Waals surface area contributed by atoms with E-state index in [-0.39, 0.29) is 5.75 Å². The van der Waals surface area contributed by atoms with Gasteiger partial charge in [-0.25, -0.2) is 8.51 Å². The maximum absolute atomic E-state index is 11.9. The van der Waals surface area contributed by atoms with Gasteiger partial charge in [-0.15, -0.1) is 11.3 Å². The topological polar surface area (TPSA) is 60.8 Å². The van der Waals surface area contributed by atoms with Crippen LogP contribution < -0.4 is 4.31 Å². The molecule has 0 saturated carbocycles. The second-order valence-corrected chi connectivity index (χ2v) is 6.74. The molecule has 0 spiro atoms. The van der Waals surface area contributed by atoms with Crippen LogP contribution in [0.15, 0.2) is 60.0 Å². The number of hydrogen-bond donors (Lipinski definition) is 2. The Bertz CT molecular complexity index is 860. The van der Waals surface area contributed by atoms with Gasteiger partial charge in [-0.1, -0.05) is 30.3 Å². The van der Waals surface area contributed by atoms with E-state index < -0.39 is 11.3 Å². The zero-order chi connectivity index (χ0) is 16.4. The van der Waals surface area contributed by atoms with Crippen LogP contribution in [0.3, 0.4) is 0 Å². The Morgan fingerprint density at radius 1 is 1.09 bits per heavy atom. The molecule has 0 saturated heterocycles. The minimum absolute atomic E-state index is 0.188. The van der Waals surface area contributed by atoms with Gasteiger partial charge in [0.05, 0.1) is 11.4 Å². The fourth-order valence-electron chi connectivity index (χ4n) is 2.36. The number of hydrogen-bond acceptors (Lipinski definition) is 3. The Balaban J connectivity index is 2.05. The van der Waals surface area contributed by atoms with Crippen LogP contribution in [-0.2, 0) is 11.3 Å². The number of nitrogens with zero attached hydrogens (tertiary/aromatic N) is 1. The van der Waals surface area contributed by atoms with Gasteiger partial charge in [0.15, 0.2) is 0 Å². The molecule has 1 unspecified atom stereocenters. The van der Waals surface area contributed by atoms with Crippen LogP contribution in [0.2, 0.25) is 0 Å². The van der Waals surface area contributed by atoms with Gasteiger partial charge in [-0.05, 0) is 36.8 Å². The zero-order valence-corrected chi connectivity index (χ0v) is 14.0. The predicted octanol–water partition coefficient (Wildman–Crippen LogP) is 4.70. The van der Waals surface area contributed by atoms with Gasteiger partial charge >= 0.3 is 0 Å². The highest BCUT2D eigenvalue weighted by Gasteiger charge is 2.19. The summed E-state index contributed by atoms with van der Waals surface area (Å²) in [6.07, 6.45) is 0. The number of thiophene rings is 1. The van der Waals surface area contributed by atoms with E-state index in [1.807, 2.05) is 42.6 Å². The molecule has 6 heteroatoms. The third-order valence-electron chi connectivity index (χ3n) is 3.48. The summed E-state index contributed by atoms with van der Waals surface area (Å²) in [6, 6.07) is 16.3. The van der Waals surface area contributed by atoms with Gasteiger partial charge in [0, 0.05) is 15.8 Å². The summed E-state index contributed by atoms with van der Waals surface area (Å²) < 4.78 is 23.0. The first-order valence-electron chi connectivity index (χ1n) is 6.91. The van der Waals surface area contributed by atoms with Crippen molar-refractivity contribution in [2.45, 2.75) is 6.92 Å². The lowest BCUT2D eigenvalue weighted by molar-refractivity contribution is 0.477. The van der Waals surface area contributed by atoms with Crippen LogP contribution in [0, 0.1) is 6.92 Å². The Labute approximate surface area is 141 Å². The van der Waals surface area contributed by atoms with Crippen molar-refractivity contribution in [2.24, 2.45) is 0 Å². The van der Waals surface area contributed by atoms with Crippen molar-refractivity contribution in [1.82, 2.24) is 0 Å². The highest BCUT2D eigenvalue weighted by molar-refractivity contribution is 7.81. The highest BCUT2D eigenvalue weighted by atomic mass is 32.2. The molecule has 1 aromatic heterocycles. The van der Waals surface area contributed by atoms with Gasteiger partial charge in [-0.3, -0.25) is 4.55 Å². The largest absolute Gasteiger partial charge is 0.507 e. The molecular formula is C17H15NO3S2. The lowest BCUT2D eigenvalue weighted by Gasteiger charge is -2.20. The molecule has 1 atom stereocenters. The standard InChI is InChI=1S/C17H15NO3S2/c1-12-6-2-4-8-15(12)18(23(20)21)13-10-17(22-11-13)14-7-3-5-9-16(14)19/h2-11,19H,1H3,(H,20,21). The molecule has 0 aliphatic carbocycles. The summed E-state index contributed by atoms with van der Waals surface area (Å²) in [4.78, 5) is 0.835. The number of para-hydroxylation sites is 2. The van der Waals surface area contributed by atoms with Crippen molar-refractivity contribution < 1.29 is 13.9 Å². The molecule has 4 nitrogen and oxygen atoms in total. The van der Waals surface area contributed by atoms with E-state index in [1.165, 1.54) is 15.6 Å². The zero-order valence-electron chi connectivity index (χ0n) is 12.3. The molecule has 2 aromatic carbocycles. The van der Waals surface area contributed by atoms with Crippen LogP contribution in [0.5, 0.6) is 5.75 Å². The van der Waals surface area contributed by atoms with Crippen molar-refractivity contribution in [2.75, 3.05) is 4.31 Å². The fraction of sp³-hybridized carbons (Fsp3) is 0.0588. The molecule has 0 aliphatic heterocycles. The first-order valence-corrected chi connectivity index (χ1v) is 8.86. The quantitative estimate of drug-likeness (QED) is 0.674. The number of phenols is 1. The van der Waals surface area contributed by atoms with E-state index in [0.29, 0.717) is 16.9 Å². The van der Waals surface area contributed by atoms with Crippen molar-refractivity contribution >= 4 is 34.0 Å². The Morgan fingerprint density at radius 2 is 1.78 bits per heavy atom. The van der Waals surface area contributed by atoms with Crippen LogP contribution in [0.1, 0.15) is 5.56 Å². The monoisotopic (exact) mass is 345 g/mol. The number of aryl methyl sites for hydroxylation is 1. The highest BCUT2D eigenvalue weighted by Crippen LogP contribution is 2.39. The fourth-order valence-corrected chi connectivity index (χ4v) is 4.00. The van der Waals surface area contributed by atoms with Crippen molar-refractivity contribution in [1.29, 1.82) is 0 Å². The van der Waals surface area contributed by atoms with Crippen LogP contribution in [0.25, 0.3) is 10.4 Å². The molecule has 0 amide bonds. The summed E-state index contributed by atoms with van der Waals surface area (Å²) in [5.41, 5.74) is 2.90. The van der Waals surface area contributed by atoms with Crippen LogP contribution in [-0.4, -0.2) is 13.9 Å². The van der Waals surface area contributed by atoms with Gasteiger partial charge < -0.3 is 5.11 Å². The minimum atomic E-state index is -2.19. The average molecular weight is 345 g/mol. The number of phenolic OH excluding ortho intramolecular Hbond substituents is 1. The smallest absolute Gasteiger partial charge is 0.266 e. The molecule has 118 valence electrons. The summed E-state index contributed by atoms with van der Waals surface area (Å²) in [6.45, 7) is 1.89. The Morgan fingerprint density at radius 3 is 2.48 bits per heavy atom. The molecule has 23 heavy (non-hydrogen) atoms. The molecule has 1 heterocycles. The van der Waals surface area contributed by atoms with E-state index >= 15 is 0 Å². The van der Waals surface area contributed by atoms with Crippen molar-refractivity contribution in [3.8, 4) is 16.2 Å². The lowest BCUT2D eigenvalue weighted by Crippen LogP contribution is -2.19. The first kappa shape index (κ1) is 15.7. The van der Waals surface area contributed by atoms with E-state index in [4.69, 9.17) is 0 Å². The second kappa shape index (κ2) is 6.54. The molecule has 0 radical (unpaired) electrons. The molecule has 0 bridgehead atoms. The van der Waals surface area contributed by atoms with Crippen molar-refractivity contribution in [3.05, 3.63) is 65.5 Å². The normalized spacial score (nSPS) is 12.1. The summed E-state index contributed by atoms with van der Waals surface area (Å²) in [5.74, 6) is 0.188. The van der Waals surface area contributed by atoms with Crippen LogP contribution >= 0.6 is 11.3 Å². The van der Waals surface area contributed by atoms with Crippen LogP contribution in [0.4, 0.5) is 11.4 Å². The Hall–Kier alpha value is -2.15. The summed E-state index contributed by atoms with van der Waals surface area (Å²) in [7, 11) is 0. The molecule has 0 fully saturated rings. The number of rotatable bonds is 4. The minimum Gasteiger partial charge on any atom is -0.507 e. The number of aromatic hydroxyl groups is 1. The van der Waals surface area contributed by atoms with E-state index in [0.717, 1.165) is 10.4 Å². The Kier molecular flexibility index (Phi) is 4.47. The molecule has 2 N–H and O–H groups in total. The van der Waals surface area contributed by atoms with E-state index in [9.17, 15) is 13.9 Å². The van der Waals surface area contributed by atoms with Gasteiger partial charge in [0.1, 0.15) is 5.75 Å². The molecular weight excluding hydrogens is 330 g/mol. The van der Waals surface area contributed by atoms with E-state index in [1.54, 1.807) is 24.3 Å². The third-order valence-corrected chi connectivity index (χ3v) is 5.15. The molecule has 3 aromatic rings. The number of anilines is 2. The lowest BCUT2D eigenvalue weighted by atomic mass is 10.1. The number of benzene rings is 2. The summed E-state index contributed by atoms with van der Waals surface area (Å²) in [5, 5.41) is 11.8. The van der Waals surface area contributed by atoms with Gasteiger partial charge in [-0.2, -0.15) is 0 Å². The maximum Gasteiger partial charge on any atom is 0.266 e. The second-order valence-electron chi connectivity index (χ2n) is 5.00. The first-order chi connectivity index (χ1) is 11.1. The molecule has 3 rings (SSSR count). The van der Waals surface area contributed by atoms with E-state index in [2.05, 4.69) is 0 Å².